The minimum Gasteiger partial charge on any atom is -0.0762 e. The van der Waals surface area contributed by atoms with Crippen molar-refractivity contribution in [3.63, 3.8) is 0 Å². The van der Waals surface area contributed by atoms with E-state index in [-0.39, 0.29) is 0 Å². The Hall–Kier alpha value is -0.560. The molecule has 0 unspecified atom stereocenters. The van der Waals surface area contributed by atoms with Crippen LogP contribution in [-0.4, -0.2) is 0 Å². The molecule has 0 heterocycles. The van der Waals surface area contributed by atoms with E-state index >= 15 is 0 Å². The van der Waals surface area contributed by atoms with Crippen molar-refractivity contribution < 1.29 is 0 Å². The van der Waals surface area contributed by atoms with Gasteiger partial charge in [0.1, 0.15) is 0 Å². The van der Waals surface area contributed by atoms with Crippen molar-refractivity contribution in [2.24, 2.45) is 0 Å². The Labute approximate surface area is 101 Å². The summed E-state index contributed by atoms with van der Waals surface area (Å²) in [6.45, 7) is 2.26. The monoisotopic (exact) mass is 264 g/mol. The lowest BCUT2D eigenvalue weighted by Gasteiger charge is -2.06. The summed E-state index contributed by atoms with van der Waals surface area (Å²) in [4.78, 5) is 0. The smallest absolute Gasteiger partial charge is 0.0216 e. The molecule has 0 fully saturated rings. The lowest BCUT2D eigenvalue weighted by Crippen LogP contribution is -1.86. The van der Waals surface area contributed by atoms with Crippen LogP contribution in [0.1, 0.15) is 43.7 Å². The highest BCUT2D eigenvalue weighted by molar-refractivity contribution is 9.10. The van der Waals surface area contributed by atoms with E-state index in [4.69, 9.17) is 0 Å². The van der Waals surface area contributed by atoms with Crippen molar-refractivity contribution in [2.45, 2.75) is 39.0 Å². The molecule has 0 saturated carbocycles. The molecule has 1 aliphatic carbocycles. The van der Waals surface area contributed by atoms with Gasteiger partial charge in [0, 0.05) is 4.47 Å². The van der Waals surface area contributed by atoms with E-state index in [0.717, 1.165) is 6.42 Å². The van der Waals surface area contributed by atoms with Crippen molar-refractivity contribution in [3.05, 3.63) is 39.9 Å². The fourth-order valence-corrected chi connectivity index (χ4v) is 2.73. The quantitative estimate of drug-likeness (QED) is 0.674. The second-order valence-electron chi connectivity index (χ2n) is 4.16. The second kappa shape index (κ2) is 4.98. The highest BCUT2D eigenvalue weighted by atomic mass is 79.9. The zero-order chi connectivity index (χ0) is 10.7. The number of hydrogen-bond acceptors (Lipinski definition) is 0. The van der Waals surface area contributed by atoms with Crippen LogP contribution in [0.5, 0.6) is 0 Å². The average Bonchev–Trinajstić information content (AvgIpc) is 2.64. The zero-order valence-electron chi connectivity index (χ0n) is 9.22. The number of fused-ring (bicyclic) bond motifs is 1. The maximum Gasteiger partial charge on any atom is 0.0216 e. The van der Waals surface area contributed by atoms with Crippen LogP contribution in [0.25, 0.3) is 5.57 Å². The summed E-state index contributed by atoms with van der Waals surface area (Å²) in [5, 5.41) is 0. The van der Waals surface area contributed by atoms with Gasteiger partial charge in [-0.2, -0.15) is 0 Å². The SMILES string of the molecule is CCCCCC1=CCc2c(Br)cccc21. The summed E-state index contributed by atoms with van der Waals surface area (Å²) < 4.78 is 1.27. The summed E-state index contributed by atoms with van der Waals surface area (Å²) in [5.41, 5.74) is 4.50. The molecule has 0 aliphatic heterocycles. The van der Waals surface area contributed by atoms with E-state index < -0.39 is 0 Å². The molecular formula is C14H17Br. The first-order valence-corrected chi connectivity index (χ1v) is 6.59. The zero-order valence-corrected chi connectivity index (χ0v) is 10.8. The Morgan fingerprint density at radius 1 is 1.27 bits per heavy atom. The molecule has 0 saturated heterocycles. The van der Waals surface area contributed by atoms with Crippen LogP contribution in [0.2, 0.25) is 0 Å². The van der Waals surface area contributed by atoms with E-state index in [2.05, 4.69) is 47.1 Å². The van der Waals surface area contributed by atoms with Crippen LogP contribution < -0.4 is 0 Å². The van der Waals surface area contributed by atoms with Crippen LogP contribution in [0.4, 0.5) is 0 Å². The molecule has 0 amide bonds. The summed E-state index contributed by atoms with van der Waals surface area (Å²) in [6.07, 6.45) is 8.73. The van der Waals surface area contributed by atoms with Gasteiger partial charge in [-0.3, -0.25) is 0 Å². The molecule has 1 aromatic carbocycles. The van der Waals surface area contributed by atoms with E-state index in [1.807, 2.05) is 0 Å². The maximum atomic E-state index is 3.62. The third kappa shape index (κ3) is 2.34. The largest absolute Gasteiger partial charge is 0.0762 e. The highest BCUT2D eigenvalue weighted by Crippen LogP contribution is 2.35. The van der Waals surface area contributed by atoms with Gasteiger partial charge in [-0.25, -0.2) is 0 Å². The van der Waals surface area contributed by atoms with Crippen LogP contribution in [0.15, 0.2) is 28.7 Å². The fourth-order valence-electron chi connectivity index (χ4n) is 2.20. The normalized spacial score (nSPS) is 13.9. The maximum absolute atomic E-state index is 3.62. The summed E-state index contributed by atoms with van der Waals surface area (Å²) >= 11 is 3.62. The van der Waals surface area contributed by atoms with Gasteiger partial charge in [0.2, 0.25) is 0 Å². The molecule has 0 spiro atoms. The van der Waals surface area contributed by atoms with E-state index in [1.54, 1.807) is 5.57 Å². The Morgan fingerprint density at radius 2 is 2.13 bits per heavy atom. The molecule has 0 N–H and O–H groups in total. The minimum absolute atomic E-state index is 1.11. The fraction of sp³-hybridized carbons (Fsp3) is 0.429. The first-order chi connectivity index (χ1) is 7.33. The first kappa shape index (κ1) is 10.9. The molecule has 0 radical (unpaired) electrons. The summed E-state index contributed by atoms with van der Waals surface area (Å²) in [7, 11) is 0. The van der Waals surface area contributed by atoms with Crippen LogP contribution >= 0.6 is 15.9 Å². The number of halogens is 1. The van der Waals surface area contributed by atoms with Crippen LogP contribution in [-0.2, 0) is 6.42 Å². The lowest BCUT2D eigenvalue weighted by atomic mass is 10.0. The van der Waals surface area contributed by atoms with Crippen LogP contribution in [0.3, 0.4) is 0 Å². The Morgan fingerprint density at radius 3 is 2.93 bits per heavy atom. The van der Waals surface area contributed by atoms with Gasteiger partial charge in [-0.15, -0.1) is 0 Å². The third-order valence-electron chi connectivity index (χ3n) is 3.07. The van der Waals surface area contributed by atoms with Gasteiger partial charge < -0.3 is 0 Å². The second-order valence-corrected chi connectivity index (χ2v) is 5.01. The van der Waals surface area contributed by atoms with Crippen molar-refractivity contribution in [1.29, 1.82) is 0 Å². The average molecular weight is 265 g/mol. The predicted octanol–water partition coefficient (Wildman–Crippen LogP) is 4.97. The molecule has 15 heavy (non-hydrogen) atoms. The first-order valence-electron chi connectivity index (χ1n) is 5.79. The van der Waals surface area contributed by atoms with Gasteiger partial charge in [0.25, 0.3) is 0 Å². The molecule has 0 nitrogen and oxygen atoms in total. The molecule has 1 heteroatoms. The Balaban J connectivity index is 2.10. The van der Waals surface area contributed by atoms with E-state index in [9.17, 15) is 0 Å². The van der Waals surface area contributed by atoms with Crippen molar-refractivity contribution in [2.75, 3.05) is 0 Å². The third-order valence-corrected chi connectivity index (χ3v) is 3.81. The Bertz CT molecular complexity index is 377. The summed E-state index contributed by atoms with van der Waals surface area (Å²) in [5.74, 6) is 0. The number of unbranched alkanes of at least 4 members (excludes halogenated alkanes) is 2. The number of allylic oxidation sites excluding steroid dienone is 2. The number of benzene rings is 1. The minimum atomic E-state index is 1.11. The standard InChI is InChI=1S/C14H17Br/c1-2-3-4-6-11-9-10-13-12(11)7-5-8-14(13)15/h5,7-9H,2-4,6,10H2,1H3. The molecule has 80 valence electrons. The number of rotatable bonds is 4. The topological polar surface area (TPSA) is 0 Å². The molecule has 0 bridgehead atoms. The van der Waals surface area contributed by atoms with Gasteiger partial charge in [0.05, 0.1) is 0 Å². The Kier molecular flexibility index (Phi) is 3.63. The van der Waals surface area contributed by atoms with E-state index in [1.165, 1.54) is 41.3 Å². The molecule has 1 aromatic rings. The molecule has 1 aliphatic rings. The molecule has 0 atom stereocenters. The van der Waals surface area contributed by atoms with Gasteiger partial charge in [-0.05, 0) is 42.0 Å². The van der Waals surface area contributed by atoms with E-state index in [0.29, 0.717) is 0 Å². The molecular weight excluding hydrogens is 248 g/mol. The van der Waals surface area contributed by atoms with Gasteiger partial charge in [0.15, 0.2) is 0 Å². The van der Waals surface area contributed by atoms with Crippen LogP contribution in [0, 0.1) is 0 Å². The van der Waals surface area contributed by atoms with Gasteiger partial charge >= 0.3 is 0 Å². The van der Waals surface area contributed by atoms with Crippen molar-refractivity contribution in [3.8, 4) is 0 Å². The summed E-state index contributed by atoms with van der Waals surface area (Å²) in [6, 6.07) is 6.54. The number of hydrogen-bond donors (Lipinski definition) is 0. The predicted molar refractivity (Wildman–Crippen MR) is 70.0 cm³/mol. The molecule has 2 rings (SSSR count). The van der Waals surface area contributed by atoms with Gasteiger partial charge in [-0.1, -0.05) is 53.9 Å². The lowest BCUT2D eigenvalue weighted by molar-refractivity contribution is 0.736. The highest BCUT2D eigenvalue weighted by Gasteiger charge is 2.15. The van der Waals surface area contributed by atoms with Crippen molar-refractivity contribution in [1.82, 2.24) is 0 Å². The van der Waals surface area contributed by atoms with Crippen molar-refractivity contribution >= 4 is 21.5 Å². The molecule has 0 aromatic heterocycles.